The van der Waals surface area contributed by atoms with Crippen LogP contribution in [0.25, 0.3) is 0 Å². The van der Waals surface area contributed by atoms with Gasteiger partial charge in [-0.1, -0.05) is 12.1 Å². The monoisotopic (exact) mass is 333 g/mol. The van der Waals surface area contributed by atoms with Crippen LogP contribution >= 0.6 is 11.8 Å². The molecule has 0 aromatic heterocycles. The smallest absolute Gasteiger partial charge is 0.254 e. The summed E-state index contributed by atoms with van der Waals surface area (Å²) in [5.41, 5.74) is 0.958. The number of amides is 3. The summed E-state index contributed by atoms with van der Waals surface area (Å²) < 4.78 is 0. The third kappa shape index (κ3) is 3.67. The van der Waals surface area contributed by atoms with E-state index >= 15 is 0 Å². The van der Waals surface area contributed by atoms with E-state index in [1.807, 2.05) is 16.7 Å². The third-order valence-electron chi connectivity index (χ3n) is 4.06. The van der Waals surface area contributed by atoms with Crippen molar-refractivity contribution < 1.29 is 14.4 Å². The molecular weight excluding hydrogens is 314 g/mol. The second-order valence-electron chi connectivity index (χ2n) is 5.59. The van der Waals surface area contributed by atoms with Crippen LogP contribution in [-0.2, 0) is 9.59 Å². The van der Waals surface area contributed by atoms with E-state index in [0.29, 0.717) is 17.7 Å². The summed E-state index contributed by atoms with van der Waals surface area (Å²) >= 11 is 1.84. The summed E-state index contributed by atoms with van der Waals surface area (Å²) in [6.07, 6.45) is 0.577. The first kappa shape index (κ1) is 15.9. The van der Waals surface area contributed by atoms with Crippen LogP contribution in [0, 0.1) is 0 Å². The molecule has 6 nitrogen and oxygen atoms in total. The number of nitrogens with one attached hydrogen (secondary N) is 2. The number of nitrogens with zero attached hydrogens (tertiary/aromatic N) is 1. The SMILES string of the molecule is O=C1NC(CCC(=O)N2CCSCC2)C(=O)Nc2ccccc21. The van der Waals surface area contributed by atoms with E-state index in [-0.39, 0.29) is 24.1 Å². The first-order valence-corrected chi connectivity index (χ1v) is 8.87. The van der Waals surface area contributed by atoms with Crippen molar-refractivity contribution in [3.8, 4) is 0 Å². The van der Waals surface area contributed by atoms with E-state index < -0.39 is 6.04 Å². The van der Waals surface area contributed by atoms with Crippen LogP contribution in [-0.4, -0.2) is 53.3 Å². The molecule has 2 heterocycles. The fourth-order valence-electron chi connectivity index (χ4n) is 2.75. The molecule has 122 valence electrons. The van der Waals surface area contributed by atoms with Gasteiger partial charge in [0.2, 0.25) is 11.8 Å². The van der Waals surface area contributed by atoms with Crippen molar-refractivity contribution in [2.75, 3.05) is 29.9 Å². The minimum atomic E-state index is -0.682. The van der Waals surface area contributed by atoms with E-state index in [9.17, 15) is 14.4 Å². The highest BCUT2D eigenvalue weighted by atomic mass is 32.2. The number of thioether (sulfide) groups is 1. The quantitative estimate of drug-likeness (QED) is 0.868. The molecule has 1 fully saturated rings. The highest BCUT2D eigenvalue weighted by Crippen LogP contribution is 2.19. The van der Waals surface area contributed by atoms with Crippen LogP contribution in [0.5, 0.6) is 0 Å². The normalized spacial score (nSPS) is 21.0. The number of hydrogen-bond acceptors (Lipinski definition) is 4. The Morgan fingerprint density at radius 3 is 2.74 bits per heavy atom. The predicted octanol–water partition coefficient (Wildman–Crippen LogP) is 1.09. The van der Waals surface area contributed by atoms with Gasteiger partial charge in [0, 0.05) is 31.0 Å². The lowest BCUT2D eigenvalue weighted by atomic mass is 10.1. The van der Waals surface area contributed by atoms with Gasteiger partial charge in [-0.15, -0.1) is 0 Å². The first-order chi connectivity index (χ1) is 11.1. The van der Waals surface area contributed by atoms with Gasteiger partial charge in [-0.05, 0) is 18.6 Å². The summed E-state index contributed by atoms with van der Waals surface area (Å²) in [6.45, 7) is 1.52. The summed E-state index contributed by atoms with van der Waals surface area (Å²) in [6, 6.07) is 6.21. The summed E-state index contributed by atoms with van der Waals surface area (Å²) in [5, 5.41) is 5.47. The van der Waals surface area contributed by atoms with Crippen molar-refractivity contribution in [1.82, 2.24) is 10.2 Å². The molecule has 0 bridgehead atoms. The van der Waals surface area contributed by atoms with E-state index in [2.05, 4.69) is 10.6 Å². The zero-order chi connectivity index (χ0) is 16.2. The molecule has 0 saturated carbocycles. The van der Waals surface area contributed by atoms with Crippen molar-refractivity contribution in [3.05, 3.63) is 29.8 Å². The maximum absolute atomic E-state index is 12.3. The number of fused-ring (bicyclic) bond motifs is 1. The fourth-order valence-corrected chi connectivity index (χ4v) is 3.66. The molecule has 1 saturated heterocycles. The molecule has 1 atom stereocenters. The van der Waals surface area contributed by atoms with Gasteiger partial charge in [-0.3, -0.25) is 14.4 Å². The van der Waals surface area contributed by atoms with E-state index in [1.165, 1.54) is 0 Å². The van der Waals surface area contributed by atoms with E-state index in [0.717, 1.165) is 24.6 Å². The number of para-hydroxylation sites is 1. The van der Waals surface area contributed by atoms with Gasteiger partial charge >= 0.3 is 0 Å². The number of benzene rings is 1. The summed E-state index contributed by atoms with van der Waals surface area (Å²) in [7, 11) is 0. The van der Waals surface area contributed by atoms with Crippen LogP contribution in [0.4, 0.5) is 5.69 Å². The van der Waals surface area contributed by atoms with Crippen LogP contribution in [0.2, 0.25) is 0 Å². The van der Waals surface area contributed by atoms with Gasteiger partial charge in [0.25, 0.3) is 5.91 Å². The Morgan fingerprint density at radius 1 is 1.22 bits per heavy atom. The van der Waals surface area contributed by atoms with Gasteiger partial charge in [0.05, 0.1) is 11.3 Å². The number of anilines is 1. The number of rotatable bonds is 3. The van der Waals surface area contributed by atoms with E-state index in [1.54, 1.807) is 24.3 Å². The average Bonchev–Trinajstić information content (AvgIpc) is 2.70. The Bertz CT molecular complexity index is 629. The first-order valence-electron chi connectivity index (χ1n) is 7.71. The predicted molar refractivity (Wildman–Crippen MR) is 89.5 cm³/mol. The van der Waals surface area contributed by atoms with Crippen LogP contribution in [0.3, 0.4) is 0 Å². The molecule has 0 spiro atoms. The molecule has 0 aliphatic carbocycles. The van der Waals surface area contributed by atoms with Crippen molar-refractivity contribution in [3.63, 3.8) is 0 Å². The lowest BCUT2D eigenvalue weighted by Gasteiger charge is -2.27. The molecule has 3 amide bonds. The molecule has 23 heavy (non-hydrogen) atoms. The van der Waals surface area contributed by atoms with Gasteiger partial charge in [0.1, 0.15) is 6.04 Å². The Hall–Kier alpha value is -2.02. The zero-order valence-corrected chi connectivity index (χ0v) is 13.5. The van der Waals surface area contributed by atoms with E-state index in [4.69, 9.17) is 0 Å². The zero-order valence-electron chi connectivity index (χ0n) is 12.7. The van der Waals surface area contributed by atoms with Crippen LogP contribution in [0.15, 0.2) is 24.3 Å². The van der Waals surface area contributed by atoms with Crippen LogP contribution < -0.4 is 10.6 Å². The maximum atomic E-state index is 12.3. The molecule has 0 radical (unpaired) electrons. The minimum Gasteiger partial charge on any atom is -0.341 e. The van der Waals surface area contributed by atoms with Crippen molar-refractivity contribution in [2.24, 2.45) is 0 Å². The minimum absolute atomic E-state index is 0.0501. The Kier molecular flexibility index (Phi) is 4.85. The average molecular weight is 333 g/mol. The Labute approximate surface area is 139 Å². The molecular formula is C16H19N3O3S. The van der Waals surface area contributed by atoms with Gasteiger partial charge < -0.3 is 15.5 Å². The molecule has 2 aliphatic rings. The summed E-state index contributed by atoms with van der Waals surface area (Å²) in [5.74, 6) is 1.41. The number of carbonyl (C=O) groups excluding carboxylic acids is 3. The lowest BCUT2D eigenvalue weighted by molar-refractivity contribution is -0.131. The van der Waals surface area contributed by atoms with Gasteiger partial charge in [-0.25, -0.2) is 0 Å². The third-order valence-corrected chi connectivity index (χ3v) is 5.00. The molecule has 1 aromatic rings. The standard InChI is InChI=1S/C16H19N3O3S/c20-14(19-7-9-23-10-8-19)6-5-13-16(22)17-12-4-2-1-3-11(12)15(21)18-13/h1-4,13H,5-10H2,(H,17,22)(H,18,21). The van der Waals surface area contributed by atoms with Gasteiger partial charge in [-0.2, -0.15) is 11.8 Å². The maximum Gasteiger partial charge on any atom is 0.254 e. The van der Waals surface area contributed by atoms with Gasteiger partial charge in [0.15, 0.2) is 0 Å². The molecule has 2 aliphatic heterocycles. The van der Waals surface area contributed by atoms with Crippen molar-refractivity contribution in [1.29, 1.82) is 0 Å². The summed E-state index contributed by atoms with van der Waals surface area (Å²) in [4.78, 5) is 38.5. The largest absolute Gasteiger partial charge is 0.341 e. The fraction of sp³-hybridized carbons (Fsp3) is 0.438. The molecule has 3 rings (SSSR count). The second kappa shape index (κ2) is 7.04. The molecule has 1 unspecified atom stereocenters. The topological polar surface area (TPSA) is 78.5 Å². The highest BCUT2D eigenvalue weighted by Gasteiger charge is 2.28. The molecule has 2 N–H and O–H groups in total. The van der Waals surface area contributed by atoms with Crippen LogP contribution in [0.1, 0.15) is 23.2 Å². The molecule has 7 heteroatoms. The molecule has 1 aromatic carbocycles. The Morgan fingerprint density at radius 2 is 1.96 bits per heavy atom. The Balaban J connectivity index is 1.61. The van der Waals surface area contributed by atoms with Crippen molar-refractivity contribution in [2.45, 2.75) is 18.9 Å². The number of hydrogen-bond donors (Lipinski definition) is 2. The van der Waals surface area contributed by atoms with Crippen molar-refractivity contribution >= 4 is 35.2 Å². The highest BCUT2D eigenvalue weighted by molar-refractivity contribution is 7.99. The number of carbonyl (C=O) groups is 3. The second-order valence-corrected chi connectivity index (χ2v) is 6.82. The lowest BCUT2D eigenvalue weighted by Crippen LogP contribution is -2.43.